The summed E-state index contributed by atoms with van der Waals surface area (Å²) in [6.45, 7) is 1.40. The molecule has 0 saturated carbocycles. The summed E-state index contributed by atoms with van der Waals surface area (Å²) in [4.78, 5) is 34.7. The first-order valence-electron chi connectivity index (χ1n) is 6.57. The molecule has 0 aliphatic carbocycles. The number of nitrogens with zero attached hydrogens (tertiary/aromatic N) is 4. The number of imide groups is 1. The van der Waals surface area contributed by atoms with Gasteiger partial charge < -0.3 is 0 Å². The van der Waals surface area contributed by atoms with Gasteiger partial charge in [-0.1, -0.05) is 28.9 Å². The summed E-state index contributed by atoms with van der Waals surface area (Å²) in [7, 11) is 0. The first-order valence-corrected chi connectivity index (χ1v) is 6.94. The quantitative estimate of drug-likeness (QED) is 0.791. The Morgan fingerprint density at radius 1 is 1.35 bits per heavy atom. The lowest BCUT2D eigenvalue weighted by Crippen LogP contribution is -2.44. The Labute approximate surface area is 135 Å². The van der Waals surface area contributed by atoms with Crippen LogP contribution in [0.5, 0.6) is 0 Å². The van der Waals surface area contributed by atoms with Gasteiger partial charge in [0, 0.05) is 0 Å². The Morgan fingerprint density at radius 3 is 2.74 bits per heavy atom. The lowest BCUT2D eigenvalue weighted by atomic mass is 10.3. The van der Waals surface area contributed by atoms with E-state index in [-0.39, 0.29) is 12.2 Å². The molecule has 9 nitrogen and oxygen atoms in total. The number of urea groups is 1. The number of halogens is 1. The fourth-order valence-corrected chi connectivity index (χ4v) is 2.31. The summed E-state index contributed by atoms with van der Waals surface area (Å²) in [6.07, 6.45) is 0. The normalized spacial score (nSPS) is 14.1. The molecule has 2 heterocycles. The highest BCUT2D eigenvalue weighted by atomic mass is 35.5. The Morgan fingerprint density at radius 2 is 2.09 bits per heavy atom. The van der Waals surface area contributed by atoms with Crippen molar-refractivity contribution in [1.82, 2.24) is 30.7 Å². The molecule has 1 fully saturated rings. The highest BCUT2D eigenvalue weighted by Crippen LogP contribution is 2.21. The number of hydrogen-bond donors (Lipinski definition) is 2. The van der Waals surface area contributed by atoms with E-state index in [4.69, 9.17) is 11.6 Å². The van der Waals surface area contributed by atoms with E-state index in [1.165, 1.54) is 4.68 Å². The number of nitrogens with one attached hydrogen (secondary N) is 2. The van der Waals surface area contributed by atoms with E-state index in [1.807, 2.05) is 0 Å². The van der Waals surface area contributed by atoms with Crippen molar-refractivity contribution in [3.8, 4) is 5.69 Å². The van der Waals surface area contributed by atoms with E-state index < -0.39 is 17.8 Å². The van der Waals surface area contributed by atoms with E-state index in [1.54, 1.807) is 31.2 Å². The zero-order valence-electron chi connectivity index (χ0n) is 11.9. The Bertz CT molecular complexity index is 818. The highest BCUT2D eigenvalue weighted by molar-refractivity contribution is 6.32. The number of carbonyl (C=O) groups is 3. The number of hydrogen-bond acceptors (Lipinski definition) is 5. The standard InChI is InChI=1S/C13H11ClN6O3/c1-7-11(12(22)17-19-6-10(21)15-13(19)23)16-18-20(7)9-5-3-2-4-8(9)14/h2-5H,6H2,1H3,(H,17,22)(H,15,21,23). The monoisotopic (exact) mass is 334 g/mol. The van der Waals surface area contributed by atoms with Gasteiger partial charge in [-0.05, 0) is 19.1 Å². The van der Waals surface area contributed by atoms with Gasteiger partial charge in [-0.2, -0.15) is 0 Å². The van der Waals surface area contributed by atoms with Gasteiger partial charge >= 0.3 is 6.03 Å². The minimum absolute atomic E-state index is 0.0251. The van der Waals surface area contributed by atoms with Gasteiger partial charge in [0.1, 0.15) is 6.54 Å². The van der Waals surface area contributed by atoms with Crippen LogP contribution in [-0.2, 0) is 4.79 Å². The lowest BCUT2D eigenvalue weighted by Gasteiger charge is -2.13. The number of benzene rings is 1. The Hall–Kier alpha value is -2.94. The van der Waals surface area contributed by atoms with Gasteiger partial charge in [0.05, 0.1) is 16.4 Å². The summed E-state index contributed by atoms with van der Waals surface area (Å²) in [5.74, 6) is -1.14. The second-order valence-electron chi connectivity index (χ2n) is 4.77. The van der Waals surface area contributed by atoms with E-state index in [0.29, 0.717) is 16.4 Å². The van der Waals surface area contributed by atoms with Crippen LogP contribution in [-0.4, -0.2) is 44.4 Å². The summed E-state index contributed by atoms with van der Waals surface area (Å²) < 4.78 is 1.42. The van der Waals surface area contributed by atoms with Crippen molar-refractivity contribution in [2.75, 3.05) is 6.54 Å². The van der Waals surface area contributed by atoms with Crippen LogP contribution in [0.2, 0.25) is 5.02 Å². The van der Waals surface area contributed by atoms with Crippen LogP contribution >= 0.6 is 11.6 Å². The third-order valence-corrected chi connectivity index (χ3v) is 3.54. The molecule has 118 valence electrons. The molecule has 2 aromatic rings. The number of carbonyl (C=O) groups excluding carboxylic acids is 3. The fraction of sp³-hybridized carbons (Fsp3) is 0.154. The molecule has 0 bridgehead atoms. The molecule has 1 aromatic heterocycles. The maximum absolute atomic E-state index is 12.2. The molecular formula is C13H11ClN6O3. The van der Waals surface area contributed by atoms with Crippen molar-refractivity contribution < 1.29 is 14.4 Å². The SMILES string of the molecule is Cc1c(C(=O)NN2CC(=O)NC2=O)nnn1-c1ccccc1Cl. The van der Waals surface area contributed by atoms with Gasteiger partial charge in [0.15, 0.2) is 5.69 Å². The van der Waals surface area contributed by atoms with Crippen LogP contribution in [0.1, 0.15) is 16.2 Å². The molecule has 1 aliphatic heterocycles. The Kier molecular flexibility index (Phi) is 3.70. The average Bonchev–Trinajstić information content (AvgIpc) is 3.02. The molecular weight excluding hydrogens is 324 g/mol. The number of rotatable bonds is 3. The van der Waals surface area contributed by atoms with Crippen LogP contribution in [0.25, 0.3) is 5.69 Å². The Balaban J connectivity index is 1.85. The second kappa shape index (κ2) is 5.69. The van der Waals surface area contributed by atoms with Crippen molar-refractivity contribution in [3.63, 3.8) is 0 Å². The molecule has 0 atom stereocenters. The average molecular weight is 335 g/mol. The third kappa shape index (κ3) is 2.73. The van der Waals surface area contributed by atoms with Crippen LogP contribution < -0.4 is 10.7 Å². The van der Waals surface area contributed by atoms with E-state index in [0.717, 1.165) is 5.01 Å². The van der Waals surface area contributed by atoms with Crippen LogP contribution in [0.4, 0.5) is 4.79 Å². The molecule has 1 saturated heterocycles. The molecule has 0 unspecified atom stereocenters. The van der Waals surface area contributed by atoms with Crippen molar-refractivity contribution in [2.45, 2.75) is 6.92 Å². The second-order valence-corrected chi connectivity index (χ2v) is 5.17. The summed E-state index contributed by atoms with van der Waals surface area (Å²) in [5.41, 5.74) is 3.36. The summed E-state index contributed by atoms with van der Waals surface area (Å²) in [6, 6.07) is 6.28. The molecule has 0 spiro atoms. The van der Waals surface area contributed by atoms with Gasteiger partial charge in [-0.15, -0.1) is 5.10 Å². The predicted octanol–water partition coefficient (Wildman–Crippen LogP) is 0.426. The molecule has 0 radical (unpaired) electrons. The number of aromatic nitrogens is 3. The highest BCUT2D eigenvalue weighted by Gasteiger charge is 2.30. The minimum atomic E-state index is -0.695. The van der Waals surface area contributed by atoms with Crippen molar-refractivity contribution >= 4 is 29.4 Å². The number of para-hydroxylation sites is 1. The third-order valence-electron chi connectivity index (χ3n) is 3.22. The maximum Gasteiger partial charge on any atom is 0.343 e. The molecule has 1 aromatic carbocycles. The van der Waals surface area contributed by atoms with E-state index >= 15 is 0 Å². The maximum atomic E-state index is 12.2. The minimum Gasteiger partial charge on any atom is -0.275 e. The van der Waals surface area contributed by atoms with Crippen molar-refractivity contribution in [2.24, 2.45) is 0 Å². The predicted molar refractivity (Wildman–Crippen MR) is 78.8 cm³/mol. The van der Waals surface area contributed by atoms with Gasteiger partial charge in [-0.3, -0.25) is 20.3 Å². The van der Waals surface area contributed by atoms with Crippen LogP contribution in [0.15, 0.2) is 24.3 Å². The first-order chi connectivity index (χ1) is 11.0. The fourth-order valence-electron chi connectivity index (χ4n) is 2.10. The molecule has 2 N–H and O–H groups in total. The molecule has 1 aliphatic rings. The van der Waals surface area contributed by atoms with E-state index in [9.17, 15) is 14.4 Å². The van der Waals surface area contributed by atoms with Gasteiger partial charge in [-0.25, -0.2) is 14.5 Å². The van der Waals surface area contributed by atoms with Gasteiger partial charge in [0.2, 0.25) is 5.91 Å². The number of hydrazine groups is 1. The smallest absolute Gasteiger partial charge is 0.275 e. The topological polar surface area (TPSA) is 109 Å². The summed E-state index contributed by atoms with van der Waals surface area (Å²) in [5, 5.41) is 11.1. The molecule has 3 rings (SSSR count). The largest absolute Gasteiger partial charge is 0.343 e. The zero-order chi connectivity index (χ0) is 16.6. The summed E-state index contributed by atoms with van der Waals surface area (Å²) >= 11 is 6.10. The van der Waals surface area contributed by atoms with Gasteiger partial charge in [0.25, 0.3) is 5.91 Å². The van der Waals surface area contributed by atoms with E-state index in [2.05, 4.69) is 21.1 Å². The number of amides is 4. The van der Waals surface area contributed by atoms with Crippen LogP contribution in [0, 0.1) is 6.92 Å². The van der Waals surface area contributed by atoms with Crippen molar-refractivity contribution in [3.05, 3.63) is 40.7 Å². The molecule has 23 heavy (non-hydrogen) atoms. The van der Waals surface area contributed by atoms with Crippen molar-refractivity contribution in [1.29, 1.82) is 0 Å². The lowest BCUT2D eigenvalue weighted by molar-refractivity contribution is -0.118. The zero-order valence-corrected chi connectivity index (χ0v) is 12.7. The van der Waals surface area contributed by atoms with Crippen LogP contribution in [0.3, 0.4) is 0 Å². The molecule has 10 heteroatoms. The molecule has 4 amide bonds. The first kappa shape index (κ1) is 15.0.